The summed E-state index contributed by atoms with van der Waals surface area (Å²) in [6.07, 6.45) is 4.47. The van der Waals surface area contributed by atoms with Crippen LogP contribution in [-0.2, 0) is 17.7 Å². The SMILES string of the molecule is C[C@@H](NC(=O)N1CCc2cnc(NC3CCOCC3)nc2C1)c1ccc(F)cc1. The molecule has 1 aromatic carbocycles. The van der Waals surface area contributed by atoms with Crippen LogP contribution in [0, 0.1) is 5.82 Å². The number of rotatable bonds is 4. The van der Waals surface area contributed by atoms with Crippen LogP contribution in [-0.4, -0.2) is 46.7 Å². The van der Waals surface area contributed by atoms with Crippen molar-refractivity contribution in [2.45, 2.75) is 44.8 Å². The highest BCUT2D eigenvalue weighted by molar-refractivity contribution is 5.75. The Morgan fingerprint density at radius 1 is 1.28 bits per heavy atom. The molecule has 2 aliphatic rings. The van der Waals surface area contributed by atoms with E-state index in [4.69, 9.17) is 4.74 Å². The number of hydrogen-bond donors (Lipinski definition) is 2. The molecule has 2 aliphatic heterocycles. The van der Waals surface area contributed by atoms with Gasteiger partial charge in [-0.15, -0.1) is 0 Å². The van der Waals surface area contributed by atoms with Crippen molar-refractivity contribution < 1.29 is 13.9 Å². The molecule has 2 aromatic rings. The van der Waals surface area contributed by atoms with Gasteiger partial charge in [0.05, 0.1) is 18.3 Å². The van der Waals surface area contributed by atoms with E-state index >= 15 is 0 Å². The van der Waals surface area contributed by atoms with E-state index in [-0.39, 0.29) is 17.9 Å². The summed E-state index contributed by atoms with van der Waals surface area (Å²) in [6.45, 7) is 4.46. The van der Waals surface area contributed by atoms with Gasteiger partial charge in [0.1, 0.15) is 5.82 Å². The van der Waals surface area contributed by atoms with Crippen molar-refractivity contribution in [3.8, 4) is 0 Å². The number of hydrogen-bond acceptors (Lipinski definition) is 5. The highest BCUT2D eigenvalue weighted by atomic mass is 19.1. The molecule has 3 heterocycles. The molecule has 1 aromatic heterocycles. The lowest BCUT2D eigenvalue weighted by Gasteiger charge is -2.30. The van der Waals surface area contributed by atoms with Crippen LogP contribution in [0.4, 0.5) is 15.1 Å². The highest BCUT2D eigenvalue weighted by Crippen LogP contribution is 2.20. The third-order valence-electron chi connectivity index (χ3n) is 5.50. The molecule has 0 radical (unpaired) electrons. The van der Waals surface area contributed by atoms with Crippen molar-refractivity contribution in [1.29, 1.82) is 0 Å². The number of anilines is 1. The predicted octanol–water partition coefficient (Wildman–Crippen LogP) is 3.04. The molecule has 4 rings (SSSR count). The fourth-order valence-corrected chi connectivity index (χ4v) is 3.68. The zero-order valence-corrected chi connectivity index (χ0v) is 16.5. The number of fused-ring (bicyclic) bond motifs is 1. The number of urea groups is 1. The van der Waals surface area contributed by atoms with Gasteiger partial charge >= 0.3 is 6.03 Å². The molecule has 1 atom stereocenters. The van der Waals surface area contributed by atoms with Crippen molar-refractivity contribution in [2.24, 2.45) is 0 Å². The number of aromatic nitrogens is 2. The molecular formula is C21H26FN5O2. The molecule has 0 saturated carbocycles. The average Bonchev–Trinajstić information content (AvgIpc) is 2.74. The molecule has 1 fully saturated rings. The standard InChI is InChI=1S/C21H26FN5O2/c1-14(15-2-4-17(22)5-3-15)24-21(28)27-9-6-16-12-23-20(26-19(16)13-27)25-18-7-10-29-11-8-18/h2-5,12,14,18H,6-11,13H2,1H3,(H,24,28)(H,23,25,26)/t14-/m1/s1. The van der Waals surface area contributed by atoms with Crippen molar-refractivity contribution in [3.05, 3.63) is 53.1 Å². The maximum atomic E-state index is 13.1. The van der Waals surface area contributed by atoms with Crippen LogP contribution in [0.3, 0.4) is 0 Å². The van der Waals surface area contributed by atoms with Gasteiger partial charge in [-0.3, -0.25) is 0 Å². The first-order chi connectivity index (χ1) is 14.1. The fraction of sp³-hybridized carbons (Fsp3) is 0.476. The quantitative estimate of drug-likeness (QED) is 0.826. The summed E-state index contributed by atoms with van der Waals surface area (Å²) in [4.78, 5) is 23.6. The van der Waals surface area contributed by atoms with E-state index in [1.807, 2.05) is 13.1 Å². The third-order valence-corrected chi connectivity index (χ3v) is 5.50. The van der Waals surface area contributed by atoms with Crippen molar-refractivity contribution in [2.75, 3.05) is 25.1 Å². The zero-order valence-electron chi connectivity index (χ0n) is 16.5. The summed E-state index contributed by atoms with van der Waals surface area (Å²) in [5, 5.41) is 6.37. The lowest BCUT2D eigenvalue weighted by atomic mass is 10.1. The molecule has 7 nitrogen and oxygen atoms in total. The minimum atomic E-state index is -0.287. The first kappa shape index (κ1) is 19.6. The molecule has 29 heavy (non-hydrogen) atoms. The van der Waals surface area contributed by atoms with Crippen LogP contribution in [0.25, 0.3) is 0 Å². The van der Waals surface area contributed by atoms with Crippen LogP contribution < -0.4 is 10.6 Å². The van der Waals surface area contributed by atoms with Gasteiger partial charge < -0.3 is 20.3 Å². The van der Waals surface area contributed by atoms with Gasteiger partial charge in [-0.25, -0.2) is 19.2 Å². The lowest BCUT2D eigenvalue weighted by Crippen LogP contribution is -2.44. The van der Waals surface area contributed by atoms with E-state index in [1.54, 1.807) is 17.0 Å². The van der Waals surface area contributed by atoms with E-state index in [9.17, 15) is 9.18 Å². The highest BCUT2D eigenvalue weighted by Gasteiger charge is 2.24. The number of halogens is 1. The Morgan fingerprint density at radius 2 is 2.03 bits per heavy atom. The molecule has 2 N–H and O–H groups in total. The monoisotopic (exact) mass is 399 g/mol. The van der Waals surface area contributed by atoms with Gasteiger partial charge in [-0.1, -0.05) is 12.1 Å². The van der Waals surface area contributed by atoms with Gasteiger partial charge in [-0.2, -0.15) is 0 Å². The number of carbonyl (C=O) groups excluding carboxylic acids is 1. The Morgan fingerprint density at radius 3 is 2.79 bits per heavy atom. The van der Waals surface area contributed by atoms with E-state index in [1.165, 1.54) is 12.1 Å². The van der Waals surface area contributed by atoms with E-state index < -0.39 is 0 Å². The lowest BCUT2D eigenvalue weighted by molar-refractivity contribution is 0.0903. The Hall–Kier alpha value is -2.74. The van der Waals surface area contributed by atoms with E-state index in [0.717, 1.165) is 49.3 Å². The van der Waals surface area contributed by atoms with Gasteiger partial charge in [0.15, 0.2) is 0 Å². The number of ether oxygens (including phenoxy) is 1. The Balaban J connectivity index is 1.38. The smallest absolute Gasteiger partial charge is 0.318 e. The van der Waals surface area contributed by atoms with Crippen LogP contribution in [0.5, 0.6) is 0 Å². The normalized spacial score (nSPS) is 18.1. The van der Waals surface area contributed by atoms with Crippen molar-refractivity contribution in [3.63, 3.8) is 0 Å². The van der Waals surface area contributed by atoms with Gasteiger partial charge in [0.25, 0.3) is 0 Å². The van der Waals surface area contributed by atoms with Gasteiger partial charge in [-0.05, 0) is 49.4 Å². The Kier molecular flexibility index (Phi) is 5.89. The van der Waals surface area contributed by atoms with Crippen LogP contribution >= 0.6 is 0 Å². The first-order valence-corrected chi connectivity index (χ1v) is 10.1. The third kappa shape index (κ3) is 4.82. The molecule has 1 saturated heterocycles. The van der Waals surface area contributed by atoms with E-state index in [2.05, 4.69) is 20.6 Å². The van der Waals surface area contributed by atoms with E-state index in [0.29, 0.717) is 25.1 Å². The largest absolute Gasteiger partial charge is 0.381 e. The Labute approximate surface area is 169 Å². The molecule has 0 spiro atoms. The second-order valence-electron chi connectivity index (χ2n) is 7.59. The predicted molar refractivity (Wildman–Crippen MR) is 107 cm³/mol. The summed E-state index contributed by atoms with van der Waals surface area (Å²) >= 11 is 0. The molecule has 0 unspecified atom stereocenters. The topological polar surface area (TPSA) is 79.4 Å². The second-order valence-corrected chi connectivity index (χ2v) is 7.59. The molecule has 0 aliphatic carbocycles. The summed E-state index contributed by atoms with van der Waals surface area (Å²) in [5.74, 6) is 0.322. The Bertz CT molecular complexity index is 855. The maximum Gasteiger partial charge on any atom is 0.318 e. The van der Waals surface area contributed by atoms with Crippen LogP contribution in [0.1, 0.15) is 42.6 Å². The summed E-state index contributed by atoms with van der Waals surface area (Å²) < 4.78 is 18.5. The van der Waals surface area contributed by atoms with Crippen molar-refractivity contribution in [1.82, 2.24) is 20.2 Å². The average molecular weight is 399 g/mol. The maximum absolute atomic E-state index is 13.1. The fourth-order valence-electron chi connectivity index (χ4n) is 3.68. The minimum absolute atomic E-state index is 0.148. The van der Waals surface area contributed by atoms with Gasteiger partial charge in [0.2, 0.25) is 5.95 Å². The number of carbonyl (C=O) groups is 1. The molecular weight excluding hydrogens is 373 g/mol. The summed E-state index contributed by atoms with van der Waals surface area (Å²) in [5.41, 5.74) is 2.82. The number of nitrogens with one attached hydrogen (secondary N) is 2. The van der Waals surface area contributed by atoms with Crippen LogP contribution in [0.15, 0.2) is 30.5 Å². The summed E-state index contributed by atoms with van der Waals surface area (Å²) in [7, 11) is 0. The number of benzene rings is 1. The second kappa shape index (κ2) is 8.73. The zero-order chi connectivity index (χ0) is 20.2. The molecule has 154 valence electrons. The number of amides is 2. The first-order valence-electron chi connectivity index (χ1n) is 10.1. The molecule has 8 heteroatoms. The molecule has 0 bridgehead atoms. The van der Waals surface area contributed by atoms with Crippen molar-refractivity contribution >= 4 is 12.0 Å². The minimum Gasteiger partial charge on any atom is -0.381 e. The molecule has 2 amide bonds. The van der Waals surface area contributed by atoms with Crippen LogP contribution in [0.2, 0.25) is 0 Å². The van der Waals surface area contributed by atoms with Gasteiger partial charge in [0, 0.05) is 32.0 Å². The number of nitrogens with zero attached hydrogens (tertiary/aromatic N) is 3. The summed E-state index contributed by atoms with van der Waals surface area (Å²) in [6, 6.07) is 6.14.